The van der Waals surface area contributed by atoms with E-state index in [1.54, 1.807) is 6.20 Å². The third-order valence-corrected chi connectivity index (χ3v) is 6.00. The number of likely N-dealkylation sites (tertiary alicyclic amines) is 1. The Labute approximate surface area is 179 Å². The highest BCUT2D eigenvalue weighted by molar-refractivity contribution is 5.89. The Kier molecular flexibility index (Phi) is 6.69. The molecule has 30 heavy (non-hydrogen) atoms. The molecule has 0 radical (unpaired) electrons. The number of morpholine rings is 1. The Bertz CT molecular complexity index is 807. The van der Waals surface area contributed by atoms with E-state index in [0.29, 0.717) is 24.7 Å². The molecule has 2 fully saturated rings. The van der Waals surface area contributed by atoms with Crippen LogP contribution >= 0.6 is 0 Å². The van der Waals surface area contributed by atoms with E-state index >= 15 is 0 Å². The number of carbonyl (C=O) groups is 1. The smallest absolute Gasteiger partial charge is 0.321 e. The lowest BCUT2D eigenvalue weighted by atomic mass is 9.96. The summed E-state index contributed by atoms with van der Waals surface area (Å²) in [6.07, 6.45) is 6.45. The zero-order chi connectivity index (χ0) is 20.9. The molecule has 2 aliphatic rings. The Morgan fingerprint density at radius 1 is 1.17 bits per heavy atom. The van der Waals surface area contributed by atoms with Gasteiger partial charge in [-0.2, -0.15) is 5.10 Å². The summed E-state index contributed by atoms with van der Waals surface area (Å²) in [7, 11) is 0. The van der Waals surface area contributed by atoms with Crippen LogP contribution in [-0.4, -0.2) is 70.5 Å². The molecule has 4 rings (SSSR count). The molecule has 162 valence electrons. The van der Waals surface area contributed by atoms with Crippen molar-refractivity contribution in [2.24, 2.45) is 5.92 Å². The Hall–Kier alpha value is -2.38. The Balaban J connectivity index is 1.24. The maximum absolute atomic E-state index is 12.7. The fourth-order valence-electron chi connectivity index (χ4n) is 4.65. The summed E-state index contributed by atoms with van der Waals surface area (Å²) in [6.45, 7) is 9.78. The normalized spacial score (nSPS) is 23.5. The fraction of sp³-hybridized carbons (Fsp3) is 0.565. The minimum atomic E-state index is -0.00157. The first-order valence-electron chi connectivity index (χ1n) is 11.1. The molecule has 0 bridgehead atoms. The number of hydrogen-bond donors (Lipinski definition) is 1. The van der Waals surface area contributed by atoms with Gasteiger partial charge in [0.2, 0.25) is 0 Å². The number of hydrogen-bond acceptors (Lipinski definition) is 4. The third kappa shape index (κ3) is 5.61. The number of urea groups is 1. The lowest BCUT2D eigenvalue weighted by molar-refractivity contribution is -0.0728. The van der Waals surface area contributed by atoms with Gasteiger partial charge in [-0.05, 0) is 56.4 Å². The van der Waals surface area contributed by atoms with Gasteiger partial charge in [-0.3, -0.25) is 9.58 Å². The molecule has 1 aromatic heterocycles. The maximum Gasteiger partial charge on any atom is 0.321 e. The molecule has 0 spiro atoms. The summed E-state index contributed by atoms with van der Waals surface area (Å²) in [4.78, 5) is 17.2. The number of carbonyl (C=O) groups excluding carboxylic acids is 1. The first kappa shape index (κ1) is 20.9. The first-order chi connectivity index (χ1) is 14.5. The van der Waals surface area contributed by atoms with Crippen LogP contribution < -0.4 is 5.32 Å². The molecular formula is C23H33N5O2. The fourth-order valence-corrected chi connectivity index (χ4v) is 4.65. The number of nitrogens with one attached hydrogen (secondary N) is 1. The molecule has 0 saturated carbocycles. The van der Waals surface area contributed by atoms with Crippen molar-refractivity contribution < 1.29 is 9.53 Å². The SMILES string of the molecule is CC1CN(CC2CCN(C(=O)Nc3cccc(Cn4cccn4)c3)CC2)CC(C)O1. The minimum Gasteiger partial charge on any atom is -0.373 e. The van der Waals surface area contributed by atoms with Gasteiger partial charge in [0, 0.05) is 50.8 Å². The first-order valence-corrected chi connectivity index (χ1v) is 11.1. The van der Waals surface area contributed by atoms with Crippen LogP contribution in [0.2, 0.25) is 0 Å². The molecule has 2 aliphatic heterocycles. The summed E-state index contributed by atoms with van der Waals surface area (Å²) in [5.41, 5.74) is 1.95. The van der Waals surface area contributed by atoms with Gasteiger partial charge in [-0.1, -0.05) is 12.1 Å². The van der Waals surface area contributed by atoms with E-state index in [-0.39, 0.29) is 6.03 Å². The number of benzene rings is 1. The standard InChI is InChI=1S/C23H33N5O2/c1-18-14-26(15-19(2)30-18)16-20-7-11-27(12-8-20)23(29)25-22-6-3-5-21(13-22)17-28-10-4-9-24-28/h3-6,9-10,13,18-20H,7-8,11-12,14-17H2,1-2H3,(H,25,29). The zero-order valence-electron chi connectivity index (χ0n) is 18.0. The van der Waals surface area contributed by atoms with Crippen molar-refractivity contribution in [2.45, 2.75) is 45.4 Å². The largest absolute Gasteiger partial charge is 0.373 e. The minimum absolute atomic E-state index is 0.00157. The molecule has 2 amide bonds. The van der Waals surface area contributed by atoms with Crippen LogP contribution in [0, 0.1) is 5.92 Å². The molecule has 0 aliphatic carbocycles. The number of anilines is 1. The molecule has 3 heterocycles. The quantitative estimate of drug-likeness (QED) is 0.820. The van der Waals surface area contributed by atoms with Gasteiger partial charge in [0.15, 0.2) is 0 Å². The third-order valence-electron chi connectivity index (χ3n) is 6.00. The predicted octanol–water partition coefficient (Wildman–Crippen LogP) is 3.28. The van der Waals surface area contributed by atoms with Crippen molar-refractivity contribution in [1.29, 1.82) is 0 Å². The predicted molar refractivity (Wildman–Crippen MR) is 118 cm³/mol. The maximum atomic E-state index is 12.7. The molecule has 2 saturated heterocycles. The summed E-state index contributed by atoms with van der Waals surface area (Å²) in [5.74, 6) is 0.656. The number of aromatic nitrogens is 2. The van der Waals surface area contributed by atoms with Gasteiger partial charge < -0.3 is 15.0 Å². The van der Waals surface area contributed by atoms with Crippen LogP contribution in [0.4, 0.5) is 10.5 Å². The average molecular weight is 412 g/mol. The molecule has 2 atom stereocenters. The van der Waals surface area contributed by atoms with Crippen LogP contribution in [0.15, 0.2) is 42.7 Å². The summed E-state index contributed by atoms with van der Waals surface area (Å²) in [5, 5.41) is 7.31. The Morgan fingerprint density at radius 3 is 2.63 bits per heavy atom. The zero-order valence-corrected chi connectivity index (χ0v) is 18.0. The van der Waals surface area contributed by atoms with Crippen molar-refractivity contribution in [1.82, 2.24) is 19.6 Å². The van der Waals surface area contributed by atoms with Gasteiger partial charge in [0.1, 0.15) is 0 Å². The molecule has 1 aromatic carbocycles. The molecule has 1 N–H and O–H groups in total. The van der Waals surface area contributed by atoms with Crippen molar-refractivity contribution in [3.05, 3.63) is 48.3 Å². The van der Waals surface area contributed by atoms with Crippen molar-refractivity contribution in [2.75, 3.05) is 38.0 Å². The van der Waals surface area contributed by atoms with Crippen LogP contribution in [0.3, 0.4) is 0 Å². The van der Waals surface area contributed by atoms with Gasteiger partial charge >= 0.3 is 6.03 Å². The highest BCUT2D eigenvalue weighted by Crippen LogP contribution is 2.22. The summed E-state index contributed by atoms with van der Waals surface area (Å²) >= 11 is 0. The van der Waals surface area contributed by atoms with Crippen LogP contribution in [0.25, 0.3) is 0 Å². The summed E-state index contributed by atoms with van der Waals surface area (Å²) < 4.78 is 7.72. The van der Waals surface area contributed by atoms with Gasteiger partial charge in [-0.15, -0.1) is 0 Å². The average Bonchev–Trinajstić information content (AvgIpc) is 3.21. The topological polar surface area (TPSA) is 62.6 Å². The Morgan fingerprint density at radius 2 is 1.93 bits per heavy atom. The van der Waals surface area contributed by atoms with E-state index in [1.165, 1.54) is 0 Å². The van der Waals surface area contributed by atoms with E-state index in [2.05, 4.69) is 35.2 Å². The highest BCUT2D eigenvalue weighted by Gasteiger charge is 2.28. The van der Waals surface area contributed by atoms with Crippen molar-refractivity contribution in [3.8, 4) is 0 Å². The molecule has 2 aromatic rings. The van der Waals surface area contributed by atoms with Crippen LogP contribution in [0.1, 0.15) is 32.3 Å². The van der Waals surface area contributed by atoms with E-state index in [1.807, 2.05) is 40.0 Å². The summed E-state index contributed by atoms with van der Waals surface area (Å²) in [6, 6.07) is 9.90. The van der Waals surface area contributed by atoms with E-state index in [0.717, 1.165) is 56.8 Å². The van der Waals surface area contributed by atoms with E-state index < -0.39 is 0 Å². The second-order valence-corrected chi connectivity index (χ2v) is 8.74. The van der Waals surface area contributed by atoms with Crippen molar-refractivity contribution in [3.63, 3.8) is 0 Å². The van der Waals surface area contributed by atoms with E-state index in [4.69, 9.17) is 4.74 Å². The lowest BCUT2D eigenvalue weighted by Crippen LogP contribution is -2.49. The van der Waals surface area contributed by atoms with E-state index in [9.17, 15) is 4.79 Å². The van der Waals surface area contributed by atoms with Crippen molar-refractivity contribution >= 4 is 11.7 Å². The van der Waals surface area contributed by atoms with Gasteiger partial charge in [0.25, 0.3) is 0 Å². The molecule has 2 unspecified atom stereocenters. The molecule has 7 heteroatoms. The number of nitrogens with zero attached hydrogens (tertiary/aromatic N) is 4. The number of ether oxygens (including phenoxy) is 1. The second-order valence-electron chi connectivity index (χ2n) is 8.74. The van der Waals surface area contributed by atoms with Crippen LogP contribution in [-0.2, 0) is 11.3 Å². The number of piperidine rings is 1. The van der Waals surface area contributed by atoms with Gasteiger partial charge in [-0.25, -0.2) is 4.79 Å². The number of rotatable bonds is 5. The highest BCUT2D eigenvalue weighted by atomic mass is 16.5. The van der Waals surface area contributed by atoms with Gasteiger partial charge in [0.05, 0.1) is 18.8 Å². The molecular weight excluding hydrogens is 378 g/mol. The second kappa shape index (κ2) is 9.62. The lowest BCUT2D eigenvalue weighted by Gasteiger charge is -2.39. The van der Waals surface area contributed by atoms with Crippen LogP contribution in [0.5, 0.6) is 0 Å². The number of amides is 2. The molecule has 7 nitrogen and oxygen atoms in total. The monoisotopic (exact) mass is 411 g/mol.